The molecule has 0 spiro atoms. The minimum absolute atomic E-state index is 0.0991. The van der Waals surface area contributed by atoms with Gasteiger partial charge in [0.1, 0.15) is 5.82 Å². The second kappa shape index (κ2) is 10.4. The van der Waals surface area contributed by atoms with Crippen molar-refractivity contribution in [2.24, 2.45) is 0 Å². The van der Waals surface area contributed by atoms with Gasteiger partial charge in [0.15, 0.2) is 0 Å². The van der Waals surface area contributed by atoms with E-state index < -0.39 is 10.0 Å². The first-order valence-corrected chi connectivity index (χ1v) is 11.6. The van der Waals surface area contributed by atoms with Crippen LogP contribution in [0.25, 0.3) is 0 Å². The van der Waals surface area contributed by atoms with Crippen molar-refractivity contribution in [3.63, 3.8) is 0 Å². The van der Waals surface area contributed by atoms with Crippen LogP contribution in [-0.4, -0.2) is 33.7 Å². The van der Waals surface area contributed by atoms with E-state index in [1.165, 1.54) is 22.7 Å². The number of rotatable bonds is 10. The van der Waals surface area contributed by atoms with Gasteiger partial charge in [-0.1, -0.05) is 18.2 Å². The highest BCUT2D eigenvalue weighted by Crippen LogP contribution is 2.21. The Kier molecular flexibility index (Phi) is 8.20. The van der Waals surface area contributed by atoms with Gasteiger partial charge >= 0.3 is 0 Å². The second-order valence-corrected chi connectivity index (χ2v) is 9.27. The van der Waals surface area contributed by atoms with Gasteiger partial charge in [0.05, 0.1) is 11.9 Å². The number of carbonyl (C=O) groups excluding carboxylic acids is 1. The number of anilines is 1. The van der Waals surface area contributed by atoms with Crippen LogP contribution in [-0.2, 0) is 21.2 Å². The summed E-state index contributed by atoms with van der Waals surface area (Å²) < 4.78 is 38.6. The van der Waals surface area contributed by atoms with Gasteiger partial charge in [0.25, 0.3) is 0 Å². The average Bonchev–Trinajstić information content (AvgIpc) is 2.62. The van der Waals surface area contributed by atoms with Crippen molar-refractivity contribution in [3.8, 4) is 0 Å². The molecule has 7 heteroatoms. The maximum atomic E-state index is 12.9. The summed E-state index contributed by atoms with van der Waals surface area (Å²) in [6, 6.07) is 12.0. The molecule has 2 aromatic rings. The minimum Gasteiger partial charge on any atom is -0.356 e. The van der Waals surface area contributed by atoms with Crippen LogP contribution in [0.2, 0.25) is 0 Å². The fourth-order valence-electron chi connectivity index (χ4n) is 3.22. The van der Waals surface area contributed by atoms with E-state index in [0.717, 1.165) is 29.5 Å². The largest absolute Gasteiger partial charge is 0.356 e. The van der Waals surface area contributed by atoms with Gasteiger partial charge in [-0.3, -0.25) is 9.10 Å². The zero-order chi connectivity index (χ0) is 21.4. The highest BCUT2D eigenvalue weighted by molar-refractivity contribution is 7.92. The zero-order valence-electron chi connectivity index (χ0n) is 17.2. The van der Waals surface area contributed by atoms with Gasteiger partial charge in [0.2, 0.25) is 15.9 Å². The molecule has 0 atom stereocenters. The number of hydrogen-bond acceptors (Lipinski definition) is 3. The van der Waals surface area contributed by atoms with E-state index in [-0.39, 0.29) is 24.7 Å². The predicted octanol–water partition coefficient (Wildman–Crippen LogP) is 3.74. The molecule has 0 unspecified atom stereocenters. The summed E-state index contributed by atoms with van der Waals surface area (Å²) in [5.41, 5.74) is 3.64. The monoisotopic (exact) mass is 420 g/mol. The Bertz CT molecular complexity index is 907. The summed E-state index contributed by atoms with van der Waals surface area (Å²) in [5.74, 6) is -0.357. The fraction of sp³-hybridized carbons (Fsp3) is 0.409. The molecule has 0 heterocycles. The van der Waals surface area contributed by atoms with E-state index in [4.69, 9.17) is 0 Å². The standard InChI is InChI=1S/C22H29FN2O3S/c1-17-14-18(2)16-21(15-17)25(29(3,27)28)13-5-7-22(26)24-12-4-6-19-8-10-20(23)11-9-19/h8-11,14-16H,4-7,12-13H2,1-3H3,(H,24,26). The SMILES string of the molecule is Cc1cc(C)cc(N(CCCC(=O)NCCCc2ccc(F)cc2)S(C)(=O)=O)c1. The molecule has 0 aliphatic rings. The third-order valence-electron chi connectivity index (χ3n) is 4.54. The van der Waals surface area contributed by atoms with Gasteiger partial charge in [-0.2, -0.15) is 0 Å². The summed E-state index contributed by atoms with van der Waals surface area (Å²) in [6.07, 6.45) is 3.39. The number of sulfonamides is 1. The van der Waals surface area contributed by atoms with Crippen LogP contribution >= 0.6 is 0 Å². The van der Waals surface area contributed by atoms with Crippen LogP contribution in [0.5, 0.6) is 0 Å². The molecule has 0 bridgehead atoms. The van der Waals surface area contributed by atoms with Gasteiger partial charge in [-0.15, -0.1) is 0 Å². The molecule has 0 aliphatic carbocycles. The Labute approximate surface area is 173 Å². The molecule has 2 aromatic carbocycles. The molecule has 2 rings (SSSR count). The summed E-state index contributed by atoms with van der Waals surface area (Å²) in [5, 5.41) is 2.85. The zero-order valence-corrected chi connectivity index (χ0v) is 18.1. The summed E-state index contributed by atoms with van der Waals surface area (Å²) in [4.78, 5) is 12.0. The molecular weight excluding hydrogens is 391 g/mol. The molecule has 0 radical (unpaired) electrons. The maximum Gasteiger partial charge on any atom is 0.232 e. The van der Waals surface area contributed by atoms with Crippen molar-refractivity contribution in [3.05, 3.63) is 65.0 Å². The number of nitrogens with one attached hydrogen (secondary N) is 1. The summed E-state index contributed by atoms with van der Waals surface area (Å²) in [6.45, 7) is 4.64. The molecule has 0 fully saturated rings. The minimum atomic E-state index is -3.43. The summed E-state index contributed by atoms with van der Waals surface area (Å²) >= 11 is 0. The van der Waals surface area contributed by atoms with E-state index in [9.17, 15) is 17.6 Å². The first kappa shape index (κ1) is 22.9. The van der Waals surface area contributed by atoms with Gasteiger partial charge in [-0.05, 0) is 74.1 Å². The summed E-state index contributed by atoms with van der Waals surface area (Å²) in [7, 11) is -3.43. The Morgan fingerprint density at radius 3 is 2.24 bits per heavy atom. The Balaban J connectivity index is 1.78. The smallest absolute Gasteiger partial charge is 0.232 e. The van der Waals surface area contributed by atoms with E-state index in [1.54, 1.807) is 12.1 Å². The van der Waals surface area contributed by atoms with Crippen LogP contribution in [0, 0.1) is 19.7 Å². The van der Waals surface area contributed by atoms with Crippen LogP contribution < -0.4 is 9.62 Å². The van der Waals surface area contributed by atoms with Gasteiger partial charge < -0.3 is 5.32 Å². The topological polar surface area (TPSA) is 66.5 Å². The van der Waals surface area contributed by atoms with Crippen molar-refractivity contribution in [2.75, 3.05) is 23.7 Å². The third kappa shape index (κ3) is 7.85. The lowest BCUT2D eigenvalue weighted by Gasteiger charge is -2.23. The average molecular weight is 421 g/mol. The lowest BCUT2D eigenvalue weighted by atomic mass is 10.1. The van der Waals surface area contributed by atoms with E-state index in [1.807, 2.05) is 32.0 Å². The molecule has 0 aliphatic heterocycles. The number of aryl methyl sites for hydroxylation is 3. The van der Waals surface area contributed by atoms with Crippen LogP contribution in [0.4, 0.5) is 10.1 Å². The molecular formula is C22H29FN2O3S. The predicted molar refractivity (Wildman–Crippen MR) is 115 cm³/mol. The Hall–Kier alpha value is -2.41. The van der Waals surface area contributed by atoms with Crippen molar-refractivity contribution < 1.29 is 17.6 Å². The van der Waals surface area contributed by atoms with Crippen molar-refractivity contribution in [1.29, 1.82) is 0 Å². The molecule has 1 amide bonds. The first-order valence-electron chi connectivity index (χ1n) is 9.72. The number of nitrogens with zero attached hydrogens (tertiary/aromatic N) is 1. The van der Waals surface area contributed by atoms with E-state index in [2.05, 4.69) is 5.32 Å². The first-order chi connectivity index (χ1) is 13.6. The number of carbonyl (C=O) groups is 1. The van der Waals surface area contributed by atoms with Gasteiger partial charge in [0, 0.05) is 19.5 Å². The van der Waals surface area contributed by atoms with Crippen LogP contribution in [0.1, 0.15) is 36.0 Å². The quantitative estimate of drug-likeness (QED) is 0.596. The molecule has 5 nitrogen and oxygen atoms in total. The van der Waals surface area contributed by atoms with Crippen molar-refractivity contribution in [1.82, 2.24) is 5.32 Å². The maximum absolute atomic E-state index is 12.9. The van der Waals surface area contributed by atoms with E-state index in [0.29, 0.717) is 18.7 Å². The second-order valence-electron chi connectivity index (χ2n) is 7.36. The molecule has 0 aromatic heterocycles. The fourth-order valence-corrected chi connectivity index (χ4v) is 4.17. The lowest BCUT2D eigenvalue weighted by Crippen LogP contribution is -2.32. The van der Waals surface area contributed by atoms with Gasteiger partial charge in [-0.25, -0.2) is 12.8 Å². The Morgan fingerprint density at radius 2 is 1.66 bits per heavy atom. The molecule has 158 valence electrons. The number of amides is 1. The number of hydrogen-bond donors (Lipinski definition) is 1. The lowest BCUT2D eigenvalue weighted by molar-refractivity contribution is -0.121. The molecule has 0 saturated carbocycles. The number of benzene rings is 2. The van der Waals surface area contributed by atoms with Crippen LogP contribution in [0.3, 0.4) is 0 Å². The molecule has 0 saturated heterocycles. The highest BCUT2D eigenvalue weighted by Gasteiger charge is 2.18. The molecule has 1 N–H and O–H groups in total. The Morgan fingerprint density at radius 1 is 1.03 bits per heavy atom. The van der Waals surface area contributed by atoms with Crippen molar-refractivity contribution in [2.45, 2.75) is 39.5 Å². The molecule has 29 heavy (non-hydrogen) atoms. The van der Waals surface area contributed by atoms with Crippen molar-refractivity contribution >= 4 is 21.6 Å². The van der Waals surface area contributed by atoms with Crippen LogP contribution in [0.15, 0.2) is 42.5 Å². The third-order valence-corrected chi connectivity index (χ3v) is 5.73. The normalized spacial score (nSPS) is 11.3. The highest BCUT2D eigenvalue weighted by atomic mass is 32.2. The number of halogens is 1. The van der Waals surface area contributed by atoms with E-state index >= 15 is 0 Å².